The number of Topliss-reactive ketones (excluding diaryl/α,β-unsaturated/α-hetero) is 1. The molecular formula is C21H24N2O. The number of piperidine rings is 1. The van der Waals surface area contributed by atoms with Gasteiger partial charge in [0.1, 0.15) is 0 Å². The first-order valence-corrected chi connectivity index (χ1v) is 8.79. The fourth-order valence-electron chi connectivity index (χ4n) is 4.06. The van der Waals surface area contributed by atoms with E-state index in [1.807, 2.05) is 12.1 Å². The van der Waals surface area contributed by atoms with Gasteiger partial charge in [-0.15, -0.1) is 0 Å². The molecule has 0 N–H and O–H groups in total. The monoisotopic (exact) mass is 320 g/mol. The van der Waals surface area contributed by atoms with Gasteiger partial charge in [0.2, 0.25) is 0 Å². The Morgan fingerprint density at radius 3 is 2.50 bits per heavy atom. The van der Waals surface area contributed by atoms with Crippen molar-refractivity contribution in [3.8, 4) is 0 Å². The molecule has 1 aliphatic carbocycles. The fourth-order valence-corrected chi connectivity index (χ4v) is 4.06. The van der Waals surface area contributed by atoms with Crippen molar-refractivity contribution in [2.24, 2.45) is 0 Å². The zero-order chi connectivity index (χ0) is 16.7. The summed E-state index contributed by atoms with van der Waals surface area (Å²) in [5.74, 6) is 0.203. The normalized spacial score (nSPS) is 19.1. The molecule has 2 aromatic carbocycles. The summed E-state index contributed by atoms with van der Waals surface area (Å²) < 4.78 is 0. The van der Waals surface area contributed by atoms with Crippen LogP contribution < -0.4 is 0 Å². The Balaban J connectivity index is 1.58. The molecule has 4 rings (SSSR count). The molecule has 1 heterocycles. The summed E-state index contributed by atoms with van der Waals surface area (Å²) in [5.41, 5.74) is 2.98. The molecule has 124 valence electrons. The molecule has 2 aliphatic rings. The second-order valence-electron chi connectivity index (χ2n) is 7.22. The number of hydrogen-bond donors (Lipinski definition) is 0. The van der Waals surface area contributed by atoms with Crippen LogP contribution in [0.1, 0.15) is 28.8 Å². The third-order valence-electron chi connectivity index (χ3n) is 5.48. The van der Waals surface area contributed by atoms with Crippen molar-refractivity contribution in [1.82, 2.24) is 9.80 Å². The van der Waals surface area contributed by atoms with E-state index in [1.165, 1.54) is 18.4 Å². The highest BCUT2D eigenvalue weighted by atomic mass is 16.1. The van der Waals surface area contributed by atoms with E-state index in [9.17, 15) is 4.79 Å². The van der Waals surface area contributed by atoms with Crippen LogP contribution in [0, 0.1) is 0 Å². The minimum Gasteiger partial charge on any atom is -0.306 e. The first-order chi connectivity index (χ1) is 11.6. The Morgan fingerprint density at radius 2 is 1.79 bits per heavy atom. The Bertz CT molecular complexity index is 808. The summed E-state index contributed by atoms with van der Waals surface area (Å²) in [4.78, 5) is 17.7. The number of rotatable bonds is 3. The minimum absolute atomic E-state index is 0.203. The maximum absolute atomic E-state index is 12.9. The van der Waals surface area contributed by atoms with Gasteiger partial charge in [-0.3, -0.25) is 9.69 Å². The fraction of sp³-hybridized carbons (Fsp3) is 0.381. The van der Waals surface area contributed by atoms with Crippen LogP contribution >= 0.6 is 0 Å². The third kappa shape index (κ3) is 2.68. The molecule has 0 radical (unpaired) electrons. The number of hydrogen-bond acceptors (Lipinski definition) is 3. The first kappa shape index (κ1) is 15.6. The Hall–Kier alpha value is -1.97. The van der Waals surface area contributed by atoms with Gasteiger partial charge in [0, 0.05) is 29.1 Å². The van der Waals surface area contributed by atoms with Crippen LogP contribution in [0.25, 0.3) is 16.8 Å². The van der Waals surface area contributed by atoms with E-state index in [1.54, 1.807) is 0 Å². The minimum atomic E-state index is 0.203. The van der Waals surface area contributed by atoms with Crippen LogP contribution in [-0.2, 0) is 0 Å². The molecule has 1 aliphatic heterocycles. The van der Waals surface area contributed by atoms with Crippen LogP contribution in [0.5, 0.6) is 0 Å². The molecule has 1 fully saturated rings. The van der Waals surface area contributed by atoms with Crippen molar-refractivity contribution in [2.75, 3.05) is 33.7 Å². The van der Waals surface area contributed by atoms with Gasteiger partial charge in [0.15, 0.2) is 5.78 Å². The van der Waals surface area contributed by atoms with Gasteiger partial charge in [-0.25, -0.2) is 0 Å². The lowest BCUT2D eigenvalue weighted by molar-refractivity contribution is 0.101. The SMILES string of the molecule is CN(C)C1CCN(CC2=Cc3cccc4cccc(c34)C2=O)CC1. The lowest BCUT2D eigenvalue weighted by Gasteiger charge is -2.35. The number of likely N-dealkylation sites (tertiary alicyclic amines) is 1. The smallest absolute Gasteiger partial charge is 0.190 e. The van der Waals surface area contributed by atoms with Crippen molar-refractivity contribution < 1.29 is 4.79 Å². The summed E-state index contributed by atoms with van der Waals surface area (Å²) in [6.45, 7) is 2.91. The summed E-state index contributed by atoms with van der Waals surface area (Å²) in [5, 5.41) is 2.26. The van der Waals surface area contributed by atoms with Crippen molar-refractivity contribution >= 4 is 22.6 Å². The van der Waals surface area contributed by atoms with Crippen molar-refractivity contribution in [1.29, 1.82) is 0 Å². The maximum atomic E-state index is 12.9. The van der Waals surface area contributed by atoms with Crippen molar-refractivity contribution in [2.45, 2.75) is 18.9 Å². The molecule has 24 heavy (non-hydrogen) atoms. The lowest BCUT2D eigenvalue weighted by atomic mass is 9.87. The largest absolute Gasteiger partial charge is 0.306 e. The highest BCUT2D eigenvalue weighted by Crippen LogP contribution is 2.31. The molecule has 0 atom stereocenters. The molecule has 0 saturated carbocycles. The van der Waals surface area contributed by atoms with E-state index in [0.29, 0.717) is 6.04 Å². The molecule has 0 amide bonds. The van der Waals surface area contributed by atoms with Gasteiger partial charge >= 0.3 is 0 Å². The third-order valence-corrected chi connectivity index (χ3v) is 5.48. The first-order valence-electron chi connectivity index (χ1n) is 8.79. The molecule has 2 aromatic rings. The molecule has 0 spiro atoms. The zero-order valence-electron chi connectivity index (χ0n) is 14.5. The Kier molecular flexibility index (Phi) is 3.99. The molecule has 3 nitrogen and oxygen atoms in total. The topological polar surface area (TPSA) is 23.6 Å². The molecular weight excluding hydrogens is 296 g/mol. The van der Waals surface area contributed by atoms with Gasteiger partial charge in [-0.2, -0.15) is 0 Å². The molecule has 1 saturated heterocycles. The van der Waals surface area contributed by atoms with E-state index in [2.05, 4.69) is 54.2 Å². The Labute approximate surface area is 143 Å². The van der Waals surface area contributed by atoms with Crippen molar-refractivity contribution in [3.63, 3.8) is 0 Å². The zero-order valence-corrected chi connectivity index (χ0v) is 14.5. The number of ketones is 1. The van der Waals surface area contributed by atoms with Gasteiger partial charge in [-0.1, -0.05) is 36.4 Å². The van der Waals surface area contributed by atoms with Crippen LogP contribution in [0.2, 0.25) is 0 Å². The molecule has 0 aromatic heterocycles. The van der Waals surface area contributed by atoms with Crippen LogP contribution in [0.4, 0.5) is 0 Å². The van der Waals surface area contributed by atoms with Crippen LogP contribution in [0.15, 0.2) is 42.0 Å². The number of nitrogens with zero attached hydrogens (tertiary/aromatic N) is 2. The predicted molar refractivity (Wildman–Crippen MR) is 99.4 cm³/mol. The van der Waals surface area contributed by atoms with Gasteiger partial charge < -0.3 is 4.90 Å². The average Bonchev–Trinajstić information content (AvgIpc) is 2.60. The van der Waals surface area contributed by atoms with E-state index in [0.717, 1.165) is 41.5 Å². The van der Waals surface area contributed by atoms with Gasteiger partial charge in [0.05, 0.1) is 0 Å². The average molecular weight is 320 g/mol. The van der Waals surface area contributed by atoms with Crippen LogP contribution in [0.3, 0.4) is 0 Å². The highest BCUT2D eigenvalue weighted by molar-refractivity contribution is 6.22. The van der Waals surface area contributed by atoms with E-state index in [4.69, 9.17) is 0 Å². The van der Waals surface area contributed by atoms with Crippen LogP contribution in [-0.4, -0.2) is 55.4 Å². The molecule has 3 heteroatoms. The predicted octanol–water partition coefficient (Wildman–Crippen LogP) is 3.45. The summed E-state index contributed by atoms with van der Waals surface area (Å²) in [6.07, 6.45) is 4.47. The Morgan fingerprint density at radius 1 is 1.08 bits per heavy atom. The molecule has 0 unspecified atom stereocenters. The lowest BCUT2D eigenvalue weighted by Crippen LogP contribution is -2.43. The quantitative estimate of drug-likeness (QED) is 0.865. The number of carbonyl (C=O) groups is 1. The maximum Gasteiger partial charge on any atom is 0.190 e. The van der Waals surface area contributed by atoms with E-state index in [-0.39, 0.29) is 5.78 Å². The highest BCUT2D eigenvalue weighted by Gasteiger charge is 2.26. The second kappa shape index (κ2) is 6.15. The summed E-state index contributed by atoms with van der Waals surface area (Å²) in [7, 11) is 4.32. The van der Waals surface area contributed by atoms with Gasteiger partial charge in [0.25, 0.3) is 0 Å². The number of carbonyl (C=O) groups excluding carboxylic acids is 1. The van der Waals surface area contributed by atoms with Crippen molar-refractivity contribution in [3.05, 3.63) is 53.1 Å². The van der Waals surface area contributed by atoms with Gasteiger partial charge in [-0.05, 0) is 57.1 Å². The standard InChI is InChI=1S/C21H24N2O/c1-22(2)18-9-11-23(12-10-18)14-17-13-16-7-3-5-15-6-4-8-19(20(15)16)21(17)24/h3-8,13,18H,9-12,14H2,1-2H3. The summed E-state index contributed by atoms with van der Waals surface area (Å²) in [6, 6.07) is 13.0. The number of benzene rings is 2. The van der Waals surface area contributed by atoms with E-state index >= 15 is 0 Å². The molecule has 0 bridgehead atoms. The summed E-state index contributed by atoms with van der Waals surface area (Å²) >= 11 is 0. The van der Waals surface area contributed by atoms with E-state index < -0.39 is 0 Å². The second-order valence-corrected chi connectivity index (χ2v) is 7.22.